The fourth-order valence-corrected chi connectivity index (χ4v) is 1.83. The number of sulfone groups is 1. The number of nitrogens with one attached hydrogen (secondary N) is 1. The van der Waals surface area contributed by atoms with Crippen LogP contribution < -0.4 is 5.32 Å². The molecule has 0 heterocycles. The predicted octanol–water partition coefficient (Wildman–Crippen LogP) is 1.74. The molecule has 1 N–H and O–H groups in total. The largest absolute Gasteiger partial charge is 0.384 e. The molecule has 0 saturated heterocycles. The number of carbonyl (C=O) groups is 1. The number of Topliss-reactive ketones (excluding diaryl/α,β-unsaturated/α-hetero) is 1. The minimum Gasteiger partial charge on any atom is -0.384 e. The van der Waals surface area contributed by atoms with Crippen molar-refractivity contribution >= 4 is 21.3 Å². The van der Waals surface area contributed by atoms with Crippen LogP contribution >= 0.6 is 0 Å². The van der Waals surface area contributed by atoms with E-state index in [0.29, 0.717) is 18.5 Å². The van der Waals surface area contributed by atoms with Gasteiger partial charge in [0.1, 0.15) is 9.84 Å². The molecule has 1 rings (SSSR count). The second-order valence-electron chi connectivity index (χ2n) is 3.91. The Bertz CT molecular complexity index is 477. The van der Waals surface area contributed by atoms with Crippen LogP contribution in [0.15, 0.2) is 24.3 Å². The molecule has 0 fully saturated rings. The average Bonchev–Trinajstić information content (AvgIpc) is 2.27. The van der Waals surface area contributed by atoms with Gasteiger partial charge in [0, 0.05) is 30.5 Å². The standard InChI is InChI=1S/C12H17NO3S/c1-3-12(14)10-4-6-11(7-5-10)13-8-9-17(2,15)16/h4-7,13H,3,8-9H2,1-2H3. The summed E-state index contributed by atoms with van der Waals surface area (Å²) in [6.07, 6.45) is 1.69. The Morgan fingerprint density at radius 2 is 1.82 bits per heavy atom. The second kappa shape index (κ2) is 5.82. The molecule has 17 heavy (non-hydrogen) atoms. The third-order valence-electron chi connectivity index (χ3n) is 2.33. The molecular formula is C12H17NO3S. The molecule has 0 amide bonds. The Labute approximate surface area is 102 Å². The number of benzene rings is 1. The van der Waals surface area contributed by atoms with Gasteiger partial charge < -0.3 is 5.32 Å². The van der Waals surface area contributed by atoms with Gasteiger partial charge in [-0.05, 0) is 24.3 Å². The van der Waals surface area contributed by atoms with Crippen LogP contribution in [0, 0.1) is 0 Å². The first-order valence-corrected chi connectivity index (χ1v) is 7.53. The van der Waals surface area contributed by atoms with Crippen LogP contribution in [0.2, 0.25) is 0 Å². The average molecular weight is 255 g/mol. The van der Waals surface area contributed by atoms with Gasteiger partial charge in [0.05, 0.1) is 5.75 Å². The molecule has 0 atom stereocenters. The van der Waals surface area contributed by atoms with Crippen molar-refractivity contribution in [3.63, 3.8) is 0 Å². The van der Waals surface area contributed by atoms with E-state index in [2.05, 4.69) is 5.32 Å². The highest BCUT2D eigenvalue weighted by Gasteiger charge is 2.03. The summed E-state index contributed by atoms with van der Waals surface area (Å²) in [5.41, 5.74) is 1.50. The van der Waals surface area contributed by atoms with Crippen LogP contribution in [0.1, 0.15) is 23.7 Å². The number of rotatable bonds is 6. The van der Waals surface area contributed by atoms with Gasteiger partial charge in [-0.15, -0.1) is 0 Å². The molecule has 0 aliphatic rings. The Balaban J connectivity index is 2.54. The van der Waals surface area contributed by atoms with Crippen molar-refractivity contribution in [1.82, 2.24) is 0 Å². The Hall–Kier alpha value is -1.36. The lowest BCUT2D eigenvalue weighted by atomic mass is 10.1. The minimum atomic E-state index is -2.94. The Morgan fingerprint density at radius 1 is 1.24 bits per heavy atom. The molecule has 0 radical (unpaired) electrons. The molecule has 0 unspecified atom stereocenters. The molecule has 0 spiro atoms. The van der Waals surface area contributed by atoms with Crippen molar-refractivity contribution in [3.8, 4) is 0 Å². The molecule has 0 saturated carbocycles. The van der Waals surface area contributed by atoms with Gasteiger partial charge in [-0.2, -0.15) is 0 Å². The molecule has 0 aliphatic heterocycles. The first-order chi connectivity index (χ1) is 7.92. The van der Waals surface area contributed by atoms with E-state index in [0.717, 1.165) is 5.69 Å². The van der Waals surface area contributed by atoms with Crippen molar-refractivity contribution in [2.24, 2.45) is 0 Å². The highest BCUT2D eigenvalue weighted by molar-refractivity contribution is 7.90. The smallest absolute Gasteiger partial charge is 0.162 e. The van der Waals surface area contributed by atoms with E-state index in [1.807, 2.05) is 6.92 Å². The molecule has 4 nitrogen and oxygen atoms in total. The van der Waals surface area contributed by atoms with Crippen LogP contribution in [0.25, 0.3) is 0 Å². The number of anilines is 1. The van der Waals surface area contributed by atoms with E-state index in [9.17, 15) is 13.2 Å². The maximum atomic E-state index is 11.4. The summed E-state index contributed by atoms with van der Waals surface area (Å²) in [7, 11) is -2.94. The van der Waals surface area contributed by atoms with Crippen molar-refractivity contribution < 1.29 is 13.2 Å². The van der Waals surface area contributed by atoms with Crippen molar-refractivity contribution in [3.05, 3.63) is 29.8 Å². The SMILES string of the molecule is CCC(=O)c1ccc(NCCS(C)(=O)=O)cc1. The molecule has 0 aliphatic carbocycles. The monoisotopic (exact) mass is 255 g/mol. The van der Waals surface area contributed by atoms with Crippen molar-refractivity contribution in [2.75, 3.05) is 23.9 Å². The normalized spacial score (nSPS) is 11.2. The van der Waals surface area contributed by atoms with Gasteiger partial charge in [0.15, 0.2) is 5.78 Å². The quantitative estimate of drug-likeness (QED) is 0.786. The third-order valence-corrected chi connectivity index (χ3v) is 3.28. The lowest BCUT2D eigenvalue weighted by Gasteiger charge is -2.06. The van der Waals surface area contributed by atoms with Gasteiger partial charge in [0.2, 0.25) is 0 Å². The number of hydrogen-bond donors (Lipinski definition) is 1. The minimum absolute atomic E-state index is 0.0998. The van der Waals surface area contributed by atoms with Crippen LogP contribution in [0.3, 0.4) is 0 Å². The molecule has 1 aromatic carbocycles. The van der Waals surface area contributed by atoms with E-state index in [1.54, 1.807) is 24.3 Å². The molecule has 5 heteroatoms. The van der Waals surface area contributed by atoms with Gasteiger partial charge in [-0.3, -0.25) is 4.79 Å². The first kappa shape index (κ1) is 13.7. The second-order valence-corrected chi connectivity index (χ2v) is 6.17. The number of carbonyl (C=O) groups excluding carboxylic acids is 1. The summed E-state index contributed by atoms with van der Waals surface area (Å²) in [6, 6.07) is 7.06. The maximum Gasteiger partial charge on any atom is 0.162 e. The maximum absolute atomic E-state index is 11.4. The van der Waals surface area contributed by atoms with Gasteiger partial charge in [-0.25, -0.2) is 8.42 Å². The third kappa shape index (κ3) is 4.99. The summed E-state index contributed by atoms with van der Waals surface area (Å²) in [4.78, 5) is 11.4. The van der Waals surface area contributed by atoms with E-state index in [-0.39, 0.29) is 11.5 Å². The zero-order chi connectivity index (χ0) is 12.9. The molecular weight excluding hydrogens is 238 g/mol. The lowest BCUT2D eigenvalue weighted by molar-refractivity contribution is 0.0988. The zero-order valence-electron chi connectivity index (χ0n) is 10.1. The summed E-state index contributed by atoms with van der Waals surface area (Å²) >= 11 is 0. The van der Waals surface area contributed by atoms with Crippen molar-refractivity contribution in [2.45, 2.75) is 13.3 Å². The van der Waals surface area contributed by atoms with Crippen LogP contribution in [-0.4, -0.2) is 32.8 Å². The van der Waals surface area contributed by atoms with E-state index in [1.165, 1.54) is 6.26 Å². The summed E-state index contributed by atoms with van der Waals surface area (Å²) in [5, 5.41) is 2.99. The van der Waals surface area contributed by atoms with E-state index < -0.39 is 9.84 Å². The van der Waals surface area contributed by atoms with Crippen molar-refractivity contribution in [1.29, 1.82) is 0 Å². The summed E-state index contributed by atoms with van der Waals surface area (Å²) in [5.74, 6) is 0.204. The predicted molar refractivity (Wildman–Crippen MR) is 69.3 cm³/mol. The van der Waals surface area contributed by atoms with Crippen LogP contribution in [0.4, 0.5) is 5.69 Å². The first-order valence-electron chi connectivity index (χ1n) is 5.47. The number of ketones is 1. The summed E-state index contributed by atoms with van der Waals surface area (Å²) in [6.45, 7) is 2.19. The van der Waals surface area contributed by atoms with Crippen LogP contribution in [-0.2, 0) is 9.84 Å². The highest BCUT2D eigenvalue weighted by atomic mass is 32.2. The van der Waals surface area contributed by atoms with Gasteiger partial charge >= 0.3 is 0 Å². The topological polar surface area (TPSA) is 63.2 Å². The Kier molecular flexibility index (Phi) is 4.69. The zero-order valence-corrected chi connectivity index (χ0v) is 10.9. The molecule has 1 aromatic rings. The van der Waals surface area contributed by atoms with Gasteiger partial charge in [-0.1, -0.05) is 6.92 Å². The molecule has 0 bridgehead atoms. The fourth-order valence-electron chi connectivity index (χ4n) is 1.36. The molecule has 94 valence electrons. The van der Waals surface area contributed by atoms with E-state index in [4.69, 9.17) is 0 Å². The van der Waals surface area contributed by atoms with E-state index >= 15 is 0 Å². The lowest BCUT2D eigenvalue weighted by Crippen LogP contribution is -2.14. The Morgan fingerprint density at radius 3 is 2.29 bits per heavy atom. The fraction of sp³-hybridized carbons (Fsp3) is 0.417. The number of hydrogen-bond acceptors (Lipinski definition) is 4. The highest BCUT2D eigenvalue weighted by Crippen LogP contribution is 2.10. The molecule has 0 aromatic heterocycles. The summed E-state index contributed by atoms with van der Waals surface area (Å²) < 4.78 is 21.8. The van der Waals surface area contributed by atoms with Crippen LogP contribution in [0.5, 0.6) is 0 Å². The van der Waals surface area contributed by atoms with Gasteiger partial charge in [0.25, 0.3) is 0 Å².